The largest absolute Gasteiger partial charge is 0.484 e. The molecule has 3 rings (SSSR count). The Bertz CT molecular complexity index is 909. The molecule has 0 spiro atoms. The van der Waals surface area contributed by atoms with Crippen LogP contribution in [0.15, 0.2) is 58.1 Å². The van der Waals surface area contributed by atoms with Crippen LogP contribution in [-0.4, -0.2) is 36.6 Å². The maximum atomic E-state index is 11.9. The number of anilines is 1. The SMILES string of the molecule is O=C(COc1ccc(/C=N\NC(=O)C(=O)NC2CC2)cc1)Nc1ccc(Br)cc1. The number of nitrogens with zero attached hydrogens (tertiary/aromatic N) is 1. The van der Waals surface area contributed by atoms with E-state index in [1.165, 1.54) is 6.21 Å². The molecule has 0 bridgehead atoms. The van der Waals surface area contributed by atoms with E-state index in [9.17, 15) is 14.4 Å². The highest BCUT2D eigenvalue weighted by Gasteiger charge is 2.26. The van der Waals surface area contributed by atoms with E-state index in [4.69, 9.17) is 4.74 Å². The standard InChI is InChI=1S/C20H19BrN4O4/c21-14-3-5-15(6-4-14)23-18(26)12-29-17-9-1-13(2-10-17)11-22-25-20(28)19(27)24-16-7-8-16/h1-6,9-11,16H,7-8,12H2,(H,23,26)(H,24,27)(H,25,28)/b22-11-. The summed E-state index contributed by atoms with van der Waals surface area (Å²) in [6.45, 7) is -0.129. The number of carbonyl (C=O) groups is 3. The van der Waals surface area contributed by atoms with Crippen molar-refractivity contribution in [3.8, 4) is 5.75 Å². The van der Waals surface area contributed by atoms with E-state index >= 15 is 0 Å². The lowest BCUT2D eigenvalue weighted by molar-refractivity contribution is -0.139. The van der Waals surface area contributed by atoms with Crippen LogP contribution in [0.25, 0.3) is 0 Å². The summed E-state index contributed by atoms with van der Waals surface area (Å²) in [6, 6.07) is 14.1. The first-order valence-electron chi connectivity index (χ1n) is 8.92. The minimum absolute atomic E-state index is 0.113. The first-order chi connectivity index (χ1) is 14.0. The van der Waals surface area contributed by atoms with Gasteiger partial charge in [0.15, 0.2) is 6.61 Å². The second-order valence-corrected chi connectivity index (χ2v) is 7.28. The van der Waals surface area contributed by atoms with Crippen LogP contribution in [0.3, 0.4) is 0 Å². The Hall–Kier alpha value is -3.20. The Labute approximate surface area is 175 Å². The van der Waals surface area contributed by atoms with Gasteiger partial charge in [0.05, 0.1) is 6.21 Å². The van der Waals surface area contributed by atoms with Crippen molar-refractivity contribution in [3.63, 3.8) is 0 Å². The third-order valence-corrected chi connectivity index (χ3v) is 4.41. The first kappa shape index (κ1) is 20.5. The van der Waals surface area contributed by atoms with E-state index in [1.54, 1.807) is 36.4 Å². The molecule has 0 atom stereocenters. The van der Waals surface area contributed by atoms with Crippen molar-refractivity contribution in [1.29, 1.82) is 0 Å². The fraction of sp³-hybridized carbons (Fsp3) is 0.200. The number of amides is 3. The zero-order valence-electron chi connectivity index (χ0n) is 15.4. The molecule has 29 heavy (non-hydrogen) atoms. The third-order valence-electron chi connectivity index (χ3n) is 3.88. The molecular formula is C20H19BrN4O4. The highest BCUT2D eigenvalue weighted by Crippen LogP contribution is 2.18. The Morgan fingerprint density at radius 3 is 2.38 bits per heavy atom. The minimum Gasteiger partial charge on any atom is -0.484 e. The van der Waals surface area contributed by atoms with Gasteiger partial charge in [0.25, 0.3) is 5.91 Å². The van der Waals surface area contributed by atoms with Crippen molar-refractivity contribution in [2.75, 3.05) is 11.9 Å². The predicted octanol–water partition coefficient (Wildman–Crippen LogP) is 2.20. The van der Waals surface area contributed by atoms with Gasteiger partial charge >= 0.3 is 11.8 Å². The molecule has 0 aromatic heterocycles. The van der Waals surface area contributed by atoms with Gasteiger partial charge in [-0.1, -0.05) is 15.9 Å². The summed E-state index contributed by atoms with van der Waals surface area (Å²) in [5.74, 6) is -1.24. The number of hydrazone groups is 1. The Morgan fingerprint density at radius 1 is 1.03 bits per heavy atom. The van der Waals surface area contributed by atoms with Crippen molar-refractivity contribution >= 4 is 45.6 Å². The van der Waals surface area contributed by atoms with Gasteiger partial charge in [-0.25, -0.2) is 5.43 Å². The zero-order valence-corrected chi connectivity index (χ0v) is 16.9. The van der Waals surface area contributed by atoms with Crippen molar-refractivity contribution in [2.24, 2.45) is 5.10 Å². The summed E-state index contributed by atoms with van der Waals surface area (Å²) in [5.41, 5.74) is 3.55. The number of halogens is 1. The molecule has 8 nitrogen and oxygen atoms in total. The molecule has 2 aromatic rings. The van der Waals surface area contributed by atoms with Crippen LogP contribution in [0.5, 0.6) is 5.75 Å². The van der Waals surface area contributed by atoms with E-state index in [0.29, 0.717) is 17.0 Å². The zero-order chi connectivity index (χ0) is 20.6. The van der Waals surface area contributed by atoms with Gasteiger partial charge < -0.3 is 15.4 Å². The maximum absolute atomic E-state index is 11.9. The average molecular weight is 459 g/mol. The van der Waals surface area contributed by atoms with Crippen LogP contribution < -0.4 is 20.8 Å². The lowest BCUT2D eigenvalue weighted by Gasteiger charge is -2.08. The van der Waals surface area contributed by atoms with E-state index in [2.05, 4.69) is 37.1 Å². The average Bonchev–Trinajstić information content (AvgIpc) is 3.53. The monoisotopic (exact) mass is 458 g/mol. The fourth-order valence-electron chi connectivity index (χ4n) is 2.22. The van der Waals surface area contributed by atoms with Gasteiger partial charge in [0.2, 0.25) is 0 Å². The fourth-order valence-corrected chi connectivity index (χ4v) is 2.49. The molecule has 2 aromatic carbocycles. The lowest BCUT2D eigenvalue weighted by atomic mass is 10.2. The molecule has 9 heteroatoms. The summed E-state index contributed by atoms with van der Waals surface area (Å²) in [4.78, 5) is 35.0. The summed E-state index contributed by atoms with van der Waals surface area (Å²) >= 11 is 3.33. The highest BCUT2D eigenvalue weighted by molar-refractivity contribution is 9.10. The Morgan fingerprint density at radius 2 is 1.72 bits per heavy atom. The summed E-state index contributed by atoms with van der Waals surface area (Å²) in [6.07, 6.45) is 3.22. The maximum Gasteiger partial charge on any atom is 0.329 e. The molecule has 150 valence electrons. The Balaban J connectivity index is 1.40. The summed E-state index contributed by atoms with van der Waals surface area (Å²) in [7, 11) is 0. The molecule has 0 unspecified atom stereocenters. The molecule has 0 heterocycles. The van der Waals surface area contributed by atoms with Gasteiger partial charge in [-0.2, -0.15) is 5.10 Å². The molecule has 1 aliphatic rings. The normalized spacial score (nSPS) is 13.0. The smallest absolute Gasteiger partial charge is 0.329 e. The first-order valence-corrected chi connectivity index (χ1v) is 9.71. The Kier molecular flexibility index (Phi) is 6.96. The van der Waals surface area contributed by atoms with Crippen molar-refractivity contribution < 1.29 is 19.1 Å². The van der Waals surface area contributed by atoms with Crippen molar-refractivity contribution in [2.45, 2.75) is 18.9 Å². The van der Waals surface area contributed by atoms with Gasteiger partial charge in [0, 0.05) is 16.2 Å². The quantitative estimate of drug-likeness (QED) is 0.335. The van der Waals surface area contributed by atoms with Crippen molar-refractivity contribution in [3.05, 3.63) is 58.6 Å². The van der Waals surface area contributed by atoms with Gasteiger partial charge in [-0.05, 0) is 66.9 Å². The number of carbonyl (C=O) groups excluding carboxylic acids is 3. The minimum atomic E-state index is -0.801. The second-order valence-electron chi connectivity index (χ2n) is 6.36. The van der Waals surface area contributed by atoms with Gasteiger partial charge in [-0.15, -0.1) is 0 Å². The van der Waals surface area contributed by atoms with E-state index in [0.717, 1.165) is 17.3 Å². The lowest BCUT2D eigenvalue weighted by Crippen LogP contribution is -2.38. The molecule has 0 saturated heterocycles. The van der Waals surface area contributed by atoms with Crippen LogP contribution in [0.1, 0.15) is 18.4 Å². The van der Waals surface area contributed by atoms with Crippen LogP contribution >= 0.6 is 15.9 Å². The van der Waals surface area contributed by atoms with Crippen LogP contribution in [0.2, 0.25) is 0 Å². The molecule has 1 fully saturated rings. The highest BCUT2D eigenvalue weighted by atomic mass is 79.9. The molecule has 1 aliphatic carbocycles. The van der Waals surface area contributed by atoms with Gasteiger partial charge in [-0.3, -0.25) is 14.4 Å². The van der Waals surface area contributed by atoms with E-state index in [1.807, 2.05) is 12.1 Å². The van der Waals surface area contributed by atoms with Gasteiger partial charge in [0.1, 0.15) is 5.75 Å². The molecule has 1 saturated carbocycles. The molecule has 0 radical (unpaired) electrons. The predicted molar refractivity (Wildman–Crippen MR) is 112 cm³/mol. The molecule has 3 N–H and O–H groups in total. The number of nitrogens with one attached hydrogen (secondary N) is 3. The van der Waals surface area contributed by atoms with Crippen molar-refractivity contribution in [1.82, 2.24) is 10.7 Å². The number of ether oxygens (including phenoxy) is 1. The topological polar surface area (TPSA) is 109 Å². The van der Waals surface area contributed by atoms with E-state index < -0.39 is 11.8 Å². The van der Waals surface area contributed by atoms with E-state index in [-0.39, 0.29) is 18.6 Å². The number of hydrogen-bond acceptors (Lipinski definition) is 5. The number of benzene rings is 2. The summed E-state index contributed by atoms with van der Waals surface area (Å²) in [5, 5.41) is 9.06. The molecule has 0 aliphatic heterocycles. The molecular weight excluding hydrogens is 440 g/mol. The number of rotatable bonds is 7. The van der Waals surface area contributed by atoms with Crippen LogP contribution in [-0.2, 0) is 14.4 Å². The van der Waals surface area contributed by atoms with Crippen LogP contribution in [0.4, 0.5) is 5.69 Å². The van der Waals surface area contributed by atoms with Crippen LogP contribution in [0, 0.1) is 0 Å². The number of hydrogen-bond donors (Lipinski definition) is 3. The molecule has 3 amide bonds. The third kappa shape index (κ3) is 7.04. The second kappa shape index (κ2) is 9.83. The summed E-state index contributed by atoms with van der Waals surface area (Å²) < 4.78 is 6.37.